The SMILES string of the molecule is CC1(C(=O)NC2(C(=O)O)CCOCC2)CCCCN1. The van der Waals surface area contributed by atoms with Crippen LogP contribution in [0, 0.1) is 0 Å². The van der Waals surface area contributed by atoms with Crippen molar-refractivity contribution >= 4 is 11.9 Å². The van der Waals surface area contributed by atoms with Gasteiger partial charge in [0.05, 0.1) is 5.54 Å². The molecule has 2 rings (SSSR count). The maximum absolute atomic E-state index is 12.4. The summed E-state index contributed by atoms with van der Waals surface area (Å²) in [4.78, 5) is 23.9. The van der Waals surface area contributed by atoms with Crippen LogP contribution in [0.3, 0.4) is 0 Å². The van der Waals surface area contributed by atoms with Crippen molar-refractivity contribution in [3.8, 4) is 0 Å². The normalized spacial score (nSPS) is 30.6. The first kappa shape index (κ1) is 14.3. The van der Waals surface area contributed by atoms with Gasteiger partial charge in [-0.1, -0.05) is 0 Å². The third kappa shape index (κ3) is 2.90. The van der Waals surface area contributed by atoms with E-state index in [0.717, 1.165) is 25.8 Å². The van der Waals surface area contributed by atoms with E-state index in [4.69, 9.17) is 4.74 Å². The van der Waals surface area contributed by atoms with Crippen molar-refractivity contribution in [2.24, 2.45) is 0 Å². The quantitative estimate of drug-likeness (QED) is 0.685. The molecule has 2 fully saturated rings. The topological polar surface area (TPSA) is 87.7 Å². The molecule has 6 heteroatoms. The van der Waals surface area contributed by atoms with Crippen LogP contribution in [0.5, 0.6) is 0 Å². The third-order valence-electron chi connectivity index (χ3n) is 4.23. The fourth-order valence-electron chi connectivity index (χ4n) is 2.72. The molecule has 2 saturated heterocycles. The molecule has 2 heterocycles. The van der Waals surface area contributed by atoms with E-state index in [1.807, 2.05) is 6.92 Å². The monoisotopic (exact) mass is 270 g/mol. The van der Waals surface area contributed by atoms with Crippen molar-refractivity contribution in [2.45, 2.75) is 50.1 Å². The minimum Gasteiger partial charge on any atom is -0.480 e. The predicted molar refractivity (Wildman–Crippen MR) is 68.8 cm³/mol. The maximum Gasteiger partial charge on any atom is 0.329 e. The van der Waals surface area contributed by atoms with E-state index >= 15 is 0 Å². The first-order chi connectivity index (χ1) is 8.99. The van der Waals surface area contributed by atoms with Crippen LogP contribution >= 0.6 is 0 Å². The predicted octanol–water partition coefficient (Wildman–Crippen LogP) is 0.269. The summed E-state index contributed by atoms with van der Waals surface area (Å²) in [5.41, 5.74) is -1.82. The third-order valence-corrected chi connectivity index (χ3v) is 4.23. The Labute approximate surface area is 112 Å². The number of carboxylic acid groups (broad SMARTS) is 1. The van der Waals surface area contributed by atoms with Crippen LogP contribution in [-0.4, -0.2) is 47.8 Å². The number of ether oxygens (including phenoxy) is 1. The molecular formula is C13H22N2O4. The standard InChI is InChI=1S/C13H22N2O4/c1-12(4-2-3-7-14-12)10(16)15-13(11(17)18)5-8-19-9-6-13/h14H,2-9H2,1H3,(H,15,16)(H,17,18). The number of rotatable bonds is 3. The van der Waals surface area contributed by atoms with Gasteiger partial charge in [0.1, 0.15) is 5.54 Å². The lowest BCUT2D eigenvalue weighted by Crippen LogP contribution is -2.65. The molecule has 0 aromatic heterocycles. The fraction of sp³-hybridized carbons (Fsp3) is 0.846. The second-order valence-corrected chi connectivity index (χ2v) is 5.67. The molecule has 0 aromatic rings. The Hall–Kier alpha value is -1.14. The van der Waals surface area contributed by atoms with Crippen LogP contribution in [0.25, 0.3) is 0 Å². The highest BCUT2D eigenvalue weighted by atomic mass is 16.5. The van der Waals surface area contributed by atoms with Gasteiger partial charge in [-0.05, 0) is 32.7 Å². The van der Waals surface area contributed by atoms with Crippen LogP contribution in [-0.2, 0) is 14.3 Å². The summed E-state index contributed by atoms with van der Waals surface area (Å²) in [6.07, 6.45) is 3.43. The number of carboxylic acids is 1. The molecule has 1 amide bonds. The molecule has 1 unspecified atom stereocenters. The molecule has 19 heavy (non-hydrogen) atoms. The van der Waals surface area contributed by atoms with Gasteiger partial charge in [0.2, 0.25) is 5.91 Å². The van der Waals surface area contributed by atoms with Gasteiger partial charge in [0.15, 0.2) is 0 Å². The van der Waals surface area contributed by atoms with Crippen LogP contribution < -0.4 is 10.6 Å². The highest BCUT2D eigenvalue weighted by molar-refractivity contribution is 5.92. The van der Waals surface area contributed by atoms with Crippen molar-refractivity contribution in [2.75, 3.05) is 19.8 Å². The summed E-state index contributed by atoms with van der Waals surface area (Å²) in [6, 6.07) is 0. The minimum absolute atomic E-state index is 0.212. The molecule has 0 saturated carbocycles. The number of hydrogen-bond donors (Lipinski definition) is 3. The summed E-state index contributed by atoms with van der Waals surface area (Å²) < 4.78 is 5.20. The van der Waals surface area contributed by atoms with Gasteiger partial charge in [0.25, 0.3) is 0 Å². The largest absolute Gasteiger partial charge is 0.480 e. The summed E-state index contributed by atoms with van der Waals surface area (Å²) >= 11 is 0. The van der Waals surface area contributed by atoms with Crippen molar-refractivity contribution in [3.05, 3.63) is 0 Å². The second-order valence-electron chi connectivity index (χ2n) is 5.67. The molecular weight excluding hydrogens is 248 g/mol. The molecule has 2 aliphatic rings. The number of hydrogen-bond acceptors (Lipinski definition) is 4. The molecule has 0 aliphatic carbocycles. The van der Waals surface area contributed by atoms with Crippen molar-refractivity contribution in [3.63, 3.8) is 0 Å². The fourth-order valence-corrected chi connectivity index (χ4v) is 2.72. The Morgan fingerprint density at radius 1 is 1.21 bits per heavy atom. The van der Waals surface area contributed by atoms with Gasteiger partial charge >= 0.3 is 5.97 Å². The zero-order chi connectivity index (χ0) is 13.9. The number of carbonyl (C=O) groups is 2. The first-order valence-corrected chi connectivity index (χ1v) is 6.87. The molecule has 0 spiro atoms. The summed E-state index contributed by atoms with van der Waals surface area (Å²) in [5.74, 6) is -1.18. The van der Waals surface area contributed by atoms with Gasteiger partial charge < -0.3 is 20.5 Å². The lowest BCUT2D eigenvalue weighted by atomic mass is 9.85. The summed E-state index contributed by atoms with van der Waals surface area (Å²) in [6.45, 7) is 3.39. The van der Waals surface area contributed by atoms with E-state index in [2.05, 4.69) is 10.6 Å². The zero-order valence-corrected chi connectivity index (χ0v) is 11.3. The smallest absolute Gasteiger partial charge is 0.329 e. The summed E-state index contributed by atoms with van der Waals surface area (Å²) in [7, 11) is 0. The van der Waals surface area contributed by atoms with Crippen LogP contribution in [0.1, 0.15) is 39.0 Å². The molecule has 3 N–H and O–H groups in total. The Bertz CT molecular complexity index is 358. The first-order valence-electron chi connectivity index (χ1n) is 6.87. The van der Waals surface area contributed by atoms with Gasteiger partial charge in [-0.15, -0.1) is 0 Å². The number of amides is 1. The zero-order valence-electron chi connectivity index (χ0n) is 11.3. The molecule has 0 aromatic carbocycles. The van der Waals surface area contributed by atoms with Crippen LogP contribution in [0.4, 0.5) is 0 Å². The number of carbonyl (C=O) groups excluding carboxylic acids is 1. The van der Waals surface area contributed by atoms with Crippen molar-refractivity contribution in [1.82, 2.24) is 10.6 Å². The average Bonchev–Trinajstić information content (AvgIpc) is 2.40. The molecule has 2 aliphatic heterocycles. The lowest BCUT2D eigenvalue weighted by molar-refractivity contribution is -0.153. The van der Waals surface area contributed by atoms with E-state index in [0.29, 0.717) is 26.1 Å². The number of nitrogens with one attached hydrogen (secondary N) is 2. The van der Waals surface area contributed by atoms with E-state index in [9.17, 15) is 14.7 Å². The van der Waals surface area contributed by atoms with Gasteiger partial charge in [-0.2, -0.15) is 0 Å². The van der Waals surface area contributed by atoms with E-state index in [1.54, 1.807) is 0 Å². The van der Waals surface area contributed by atoms with Gasteiger partial charge in [-0.25, -0.2) is 4.79 Å². The van der Waals surface area contributed by atoms with Gasteiger partial charge in [0, 0.05) is 26.1 Å². The Morgan fingerprint density at radius 2 is 1.89 bits per heavy atom. The number of piperidine rings is 1. The average molecular weight is 270 g/mol. The van der Waals surface area contributed by atoms with Gasteiger partial charge in [-0.3, -0.25) is 4.79 Å². The Balaban J connectivity index is 2.08. The van der Waals surface area contributed by atoms with Crippen LogP contribution in [0.2, 0.25) is 0 Å². The molecule has 0 radical (unpaired) electrons. The molecule has 0 bridgehead atoms. The van der Waals surface area contributed by atoms with Crippen LogP contribution in [0.15, 0.2) is 0 Å². The van der Waals surface area contributed by atoms with Crippen molar-refractivity contribution in [1.29, 1.82) is 0 Å². The lowest BCUT2D eigenvalue weighted by Gasteiger charge is -2.39. The minimum atomic E-state index is -1.17. The highest BCUT2D eigenvalue weighted by Gasteiger charge is 2.45. The van der Waals surface area contributed by atoms with E-state index < -0.39 is 17.0 Å². The Kier molecular flexibility index (Phi) is 4.10. The molecule has 108 valence electrons. The number of aliphatic carboxylic acids is 1. The second kappa shape index (κ2) is 5.46. The van der Waals surface area contributed by atoms with E-state index in [-0.39, 0.29) is 5.91 Å². The Morgan fingerprint density at radius 3 is 2.42 bits per heavy atom. The maximum atomic E-state index is 12.4. The summed E-state index contributed by atoms with van der Waals surface area (Å²) in [5, 5.41) is 15.4. The molecule has 1 atom stereocenters. The van der Waals surface area contributed by atoms with E-state index in [1.165, 1.54) is 0 Å². The van der Waals surface area contributed by atoms with Crippen molar-refractivity contribution < 1.29 is 19.4 Å². The highest BCUT2D eigenvalue weighted by Crippen LogP contribution is 2.25. The molecule has 6 nitrogen and oxygen atoms in total.